The molecule has 1 aliphatic heterocycles. The Morgan fingerprint density at radius 1 is 0.418 bits per heavy atom. The molecule has 1 fully saturated rings. The highest BCUT2D eigenvalue weighted by atomic mass is 16.7. The number of hydrogen-bond donors (Lipinski definition) is 3. The summed E-state index contributed by atoms with van der Waals surface area (Å²) in [4.78, 5) is 51.0. The van der Waals surface area contributed by atoms with Crippen molar-refractivity contribution in [1.82, 2.24) is 0 Å². The van der Waals surface area contributed by atoms with Crippen molar-refractivity contribution in [3.63, 3.8) is 0 Å². The van der Waals surface area contributed by atoms with E-state index in [1.54, 1.807) is 0 Å². The van der Waals surface area contributed by atoms with Crippen molar-refractivity contribution in [3.05, 3.63) is 182 Å². The number of rotatable bonds is 45. The lowest BCUT2D eigenvalue weighted by Gasteiger charge is -2.40. The number of aliphatic carboxylic acids is 1. The summed E-state index contributed by atoms with van der Waals surface area (Å²) < 4.78 is 28.1. The van der Waals surface area contributed by atoms with Crippen LogP contribution in [0.2, 0.25) is 0 Å². The van der Waals surface area contributed by atoms with Gasteiger partial charge in [0, 0.05) is 19.3 Å². The van der Waals surface area contributed by atoms with Gasteiger partial charge in [0.25, 0.3) is 0 Å². The lowest BCUT2D eigenvalue weighted by Crippen LogP contribution is -2.61. The fourth-order valence-electron chi connectivity index (χ4n) is 7.20. The molecule has 0 aromatic heterocycles. The second-order valence-corrected chi connectivity index (χ2v) is 18.4. The minimum atomic E-state index is -1.96. The van der Waals surface area contributed by atoms with Gasteiger partial charge < -0.3 is 39.0 Å². The number of carbonyl (C=O) groups excluding carboxylic acids is 3. The third-order valence-electron chi connectivity index (χ3n) is 11.5. The standard InChI is InChI=1S/C67H96O12/c1-4-7-10-13-16-19-22-25-27-29-30-32-33-36-38-41-44-47-50-53-59(68)75-56-58(77-60(69)54-51-48-45-42-40-37-34-31-28-26-23-20-17-14-11-8-5-2)57-76-67-65(63(72)62(71)64(79-67)66(73)74)78-61(70)55-52-49-46-43-39-35-24-21-18-15-12-9-6-3/h7-12,16-21,25-28,30,32,34-39,42,44-47,49,58,62-65,67,71-72H,4-6,13-15,22-24,29,31,33,40-41,43,48,50-57H2,1-3H3,(H,73,74)/b10-7-,11-8-,12-9-,19-16-,20-17-,21-18-,27-25-,28-26-,32-30-,37-34-,38-36-,39-35-,45-42-,47-44-,49-46-. The molecular weight excluding hydrogens is 997 g/mol. The van der Waals surface area contributed by atoms with Crippen LogP contribution in [0.25, 0.3) is 0 Å². The normalized spacial score (nSPS) is 19.2. The molecule has 0 amide bonds. The lowest BCUT2D eigenvalue weighted by molar-refractivity contribution is -0.301. The molecule has 0 bridgehead atoms. The fraction of sp³-hybridized carbons (Fsp3) is 0.493. The zero-order valence-corrected chi connectivity index (χ0v) is 47.8. The summed E-state index contributed by atoms with van der Waals surface area (Å²) in [5, 5.41) is 31.4. The minimum absolute atomic E-state index is 0.0485. The topological polar surface area (TPSA) is 175 Å². The molecule has 0 radical (unpaired) electrons. The Balaban J connectivity index is 2.84. The van der Waals surface area contributed by atoms with Gasteiger partial charge in [0.15, 0.2) is 24.6 Å². The number of unbranched alkanes of at least 4 members (excludes halogenated alkanes) is 1. The molecule has 0 aromatic rings. The second-order valence-electron chi connectivity index (χ2n) is 18.4. The third kappa shape index (κ3) is 42.4. The van der Waals surface area contributed by atoms with Gasteiger partial charge >= 0.3 is 23.9 Å². The molecule has 1 aliphatic rings. The van der Waals surface area contributed by atoms with E-state index < -0.39 is 73.9 Å². The summed E-state index contributed by atoms with van der Waals surface area (Å²) in [5.41, 5.74) is 0. The molecule has 79 heavy (non-hydrogen) atoms. The van der Waals surface area contributed by atoms with Crippen LogP contribution in [0, 0.1) is 0 Å². The van der Waals surface area contributed by atoms with Crippen molar-refractivity contribution < 1.29 is 58.2 Å². The van der Waals surface area contributed by atoms with E-state index in [1.807, 2.05) is 42.5 Å². The molecule has 12 nitrogen and oxygen atoms in total. The van der Waals surface area contributed by atoms with E-state index in [-0.39, 0.29) is 19.3 Å². The SMILES string of the molecule is CC/C=C\C/C=C\C/C=C\C/C=C\C/C=C\C/C=C\CCC(=O)OCC(COC1OC(C(=O)O)C(O)C(O)C1OC(=O)CC/C=C\C/C=C\C/C=C\C/C=C\CC)OC(=O)CCC/C=C\C/C=C\C/C=C\C/C=C\C/C=C\CC. The van der Waals surface area contributed by atoms with Gasteiger partial charge in [-0.2, -0.15) is 0 Å². The van der Waals surface area contributed by atoms with Crippen LogP contribution in [-0.4, -0.2) is 89.2 Å². The van der Waals surface area contributed by atoms with E-state index in [0.29, 0.717) is 38.5 Å². The maximum Gasteiger partial charge on any atom is 0.335 e. The van der Waals surface area contributed by atoms with Crippen LogP contribution in [0.4, 0.5) is 0 Å². The van der Waals surface area contributed by atoms with Crippen LogP contribution < -0.4 is 0 Å². The van der Waals surface area contributed by atoms with Gasteiger partial charge in [0.1, 0.15) is 18.8 Å². The predicted octanol–water partition coefficient (Wildman–Crippen LogP) is 14.9. The summed E-state index contributed by atoms with van der Waals surface area (Å²) in [6.07, 6.45) is 67.6. The summed E-state index contributed by atoms with van der Waals surface area (Å²) >= 11 is 0. The highest BCUT2D eigenvalue weighted by molar-refractivity contribution is 5.74. The average Bonchev–Trinajstić information content (AvgIpc) is 3.44. The van der Waals surface area contributed by atoms with E-state index in [0.717, 1.165) is 83.5 Å². The fourth-order valence-corrected chi connectivity index (χ4v) is 7.20. The number of esters is 3. The molecule has 1 rings (SSSR count). The highest BCUT2D eigenvalue weighted by Gasteiger charge is 2.50. The van der Waals surface area contributed by atoms with Crippen molar-refractivity contribution in [2.75, 3.05) is 13.2 Å². The van der Waals surface area contributed by atoms with Crippen molar-refractivity contribution in [3.8, 4) is 0 Å². The van der Waals surface area contributed by atoms with E-state index in [2.05, 4.69) is 161 Å². The molecule has 12 heteroatoms. The smallest absolute Gasteiger partial charge is 0.335 e. The number of allylic oxidation sites excluding steroid dienone is 30. The molecular formula is C67H96O12. The summed E-state index contributed by atoms with van der Waals surface area (Å²) in [6.45, 7) is 5.46. The van der Waals surface area contributed by atoms with E-state index in [1.165, 1.54) is 0 Å². The zero-order chi connectivity index (χ0) is 57.5. The monoisotopic (exact) mass is 1090 g/mol. The number of hydrogen-bond acceptors (Lipinski definition) is 11. The first kappa shape index (κ1) is 70.8. The maximum atomic E-state index is 13.1. The second kappa shape index (κ2) is 52.5. The molecule has 6 atom stereocenters. The molecule has 0 saturated carbocycles. The summed E-state index contributed by atoms with van der Waals surface area (Å²) in [7, 11) is 0. The van der Waals surface area contributed by atoms with Crippen molar-refractivity contribution in [2.24, 2.45) is 0 Å². The van der Waals surface area contributed by atoms with E-state index in [9.17, 15) is 34.5 Å². The van der Waals surface area contributed by atoms with E-state index >= 15 is 0 Å². The predicted molar refractivity (Wildman–Crippen MR) is 321 cm³/mol. The maximum absolute atomic E-state index is 13.1. The minimum Gasteiger partial charge on any atom is -0.479 e. The molecule has 0 aromatic carbocycles. The largest absolute Gasteiger partial charge is 0.479 e. The first-order valence-electron chi connectivity index (χ1n) is 28.8. The number of aliphatic hydroxyl groups is 2. The number of carbonyl (C=O) groups is 4. The lowest BCUT2D eigenvalue weighted by atomic mass is 9.98. The molecule has 1 saturated heterocycles. The van der Waals surface area contributed by atoms with Crippen LogP contribution >= 0.6 is 0 Å². The number of carboxylic acid groups (broad SMARTS) is 1. The van der Waals surface area contributed by atoms with Gasteiger partial charge in [0.2, 0.25) is 0 Å². The van der Waals surface area contributed by atoms with Crippen LogP contribution in [0.3, 0.4) is 0 Å². The quantitative estimate of drug-likeness (QED) is 0.0228. The zero-order valence-electron chi connectivity index (χ0n) is 47.8. The van der Waals surface area contributed by atoms with E-state index in [4.69, 9.17) is 23.7 Å². The van der Waals surface area contributed by atoms with Gasteiger partial charge in [0.05, 0.1) is 6.61 Å². The van der Waals surface area contributed by atoms with Gasteiger partial charge in [-0.25, -0.2) is 4.79 Å². The molecule has 3 N–H and O–H groups in total. The molecule has 0 spiro atoms. The first-order valence-corrected chi connectivity index (χ1v) is 28.8. The number of aliphatic hydroxyl groups excluding tert-OH is 2. The van der Waals surface area contributed by atoms with Crippen molar-refractivity contribution in [2.45, 2.75) is 199 Å². The van der Waals surface area contributed by atoms with Gasteiger partial charge in [-0.15, -0.1) is 0 Å². The highest BCUT2D eigenvalue weighted by Crippen LogP contribution is 2.26. The van der Waals surface area contributed by atoms with Crippen LogP contribution in [-0.2, 0) is 42.9 Å². The number of carboxylic acids is 1. The van der Waals surface area contributed by atoms with Crippen LogP contribution in [0.5, 0.6) is 0 Å². The Labute approximate surface area is 474 Å². The van der Waals surface area contributed by atoms with Crippen molar-refractivity contribution >= 4 is 23.9 Å². The molecule has 436 valence electrons. The van der Waals surface area contributed by atoms with Gasteiger partial charge in [-0.1, -0.05) is 203 Å². The summed E-state index contributed by atoms with van der Waals surface area (Å²) in [5.74, 6) is -3.46. The van der Waals surface area contributed by atoms with Crippen molar-refractivity contribution in [1.29, 1.82) is 0 Å². The Morgan fingerprint density at radius 3 is 1.13 bits per heavy atom. The summed E-state index contributed by atoms with van der Waals surface area (Å²) in [6, 6.07) is 0. The Hall–Kier alpha value is -6.18. The molecule has 0 aliphatic carbocycles. The van der Waals surface area contributed by atoms with Crippen LogP contribution in [0.15, 0.2) is 182 Å². The van der Waals surface area contributed by atoms with Gasteiger partial charge in [-0.05, 0) is 122 Å². The molecule has 6 unspecified atom stereocenters. The molecule has 1 heterocycles. The first-order chi connectivity index (χ1) is 38.6. The third-order valence-corrected chi connectivity index (χ3v) is 11.5. The van der Waals surface area contributed by atoms with Gasteiger partial charge in [-0.3, -0.25) is 14.4 Å². The Kier molecular flexibility index (Phi) is 47.1. The average molecular weight is 1090 g/mol. The Morgan fingerprint density at radius 2 is 0.759 bits per heavy atom. The Bertz CT molecular complexity index is 2070. The van der Waals surface area contributed by atoms with Crippen LogP contribution in [0.1, 0.15) is 162 Å². The number of ether oxygens (including phenoxy) is 5.